The summed E-state index contributed by atoms with van der Waals surface area (Å²) in [6, 6.07) is 19.4. The van der Waals surface area contributed by atoms with Crippen LogP contribution in [0.15, 0.2) is 66.7 Å². The molecule has 1 aliphatic rings. The van der Waals surface area contributed by atoms with Gasteiger partial charge in [0.25, 0.3) is 0 Å². The van der Waals surface area contributed by atoms with E-state index in [2.05, 4.69) is 11.8 Å². The minimum absolute atomic E-state index is 0.0780. The highest BCUT2D eigenvalue weighted by Gasteiger charge is 2.23. The molecule has 0 aliphatic carbocycles. The molecule has 0 bridgehead atoms. The quantitative estimate of drug-likeness (QED) is 0.258. The number of piperidine rings is 1. The highest BCUT2D eigenvalue weighted by Crippen LogP contribution is 2.41. The van der Waals surface area contributed by atoms with Crippen LogP contribution in [0.5, 0.6) is 17.2 Å². The summed E-state index contributed by atoms with van der Waals surface area (Å²) >= 11 is 1.46. The number of carbonyl (C=O) groups excluding carboxylic acids is 1. The molecule has 2 heterocycles. The Hall–Kier alpha value is -3.35. The molecule has 36 heavy (non-hydrogen) atoms. The standard InChI is InChI=1S/C30H31NO4S/c1-2-3-16-31-17-14-25(15-18-31)35-24-11-6-20(7-12-24)29(34)28-26-13-10-23(33)19-27(26)36-30(28)21-4-8-22(32)9-5-21/h4-13,19,25,32-33H,2-3,14-18H2,1H3. The van der Waals surface area contributed by atoms with E-state index in [4.69, 9.17) is 4.74 Å². The van der Waals surface area contributed by atoms with Crippen LogP contribution in [0, 0.1) is 0 Å². The molecule has 5 nitrogen and oxygen atoms in total. The van der Waals surface area contributed by atoms with E-state index in [1.54, 1.807) is 42.5 Å². The number of likely N-dealkylation sites (tertiary alicyclic amines) is 1. The summed E-state index contributed by atoms with van der Waals surface area (Å²) in [5, 5.41) is 20.5. The molecule has 0 atom stereocenters. The molecule has 4 aromatic rings. The molecule has 1 saturated heterocycles. The number of carbonyl (C=O) groups is 1. The molecule has 0 radical (unpaired) electrons. The van der Waals surface area contributed by atoms with Crippen molar-refractivity contribution in [3.05, 3.63) is 77.9 Å². The van der Waals surface area contributed by atoms with Crippen molar-refractivity contribution in [3.63, 3.8) is 0 Å². The summed E-state index contributed by atoms with van der Waals surface area (Å²) in [5.74, 6) is 1.05. The predicted octanol–water partition coefficient (Wildman–Crippen LogP) is 6.85. The minimum Gasteiger partial charge on any atom is -0.508 e. The normalized spacial score (nSPS) is 14.8. The zero-order valence-electron chi connectivity index (χ0n) is 20.4. The summed E-state index contributed by atoms with van der Waals surface area (Å²) < 4.78 is 7.07. The van der Waals surface area contributed by atoms with E-state index >= 15 is 0 Å². The fourth-order valence-corrected chi connectivity index (χ4v) is 6.02. The number of unbranched alkanes of at least 4 members (excludes halogenated alkanes) is 1. The van der Waals surface area contributed by atoms with E-state index < -0.39 is 0 Å². The summed E-state index contributed by atoms with van der Waals surface area (Å²) in [4.78, 5) is 17.1. The molecule has 0 amide bonds. The number of ketones is 1. The highest BCUT2D eigenvalue weighted by atomic mass is 32.1. The van der Waals surface area contributed by atoms with Gasteiger partial charge in [0, 0.05) is 39.2 Å². The van der Waals surface area contributed by atoms with E-state index in [0.29, 0.717) is 11.1 Å². The van der Waals surface area contributed by atoms with Crippen molar-refractivity contribution in [3.8, 4) is 27.7 Å². The van der Waals surface area contributed by atoms with Gasteiger partial charge in [0.05, 0.1) is 0 Å². The topological polar surface area (TPSA) is 70.0 Å². The molecular weight excluding hydrogens is 470 g/mol. The van der Waals surface area contributed by atoms with Gasteiger partial charge in [-0.1, -0.05) is 13.3 Å². The first kappa shape index (κ1) is 24.3. The first-order valence-corrected chi connectivity index (χ1v) is 13.4. The molecule has 186 valence electrons. The van der Waals surface area contributed by atoms with Gasteiger partial charge in [0.2, 0.25) is 0 Å². The summed E-state index contributed by atoms with van der Waals surface area (Å²) in [6.07, 6.45) is 4.72. The fraction of sp³-hybridized carbons (Fsp3) is 0.300. The van der Waals surface area contributed by atoms with Gasteiger partial charge in [-0.25, -0.2) is 0 Å². The van der Waals surface area contributed by atoms with Crippen LogP contribution in [0.4, 0.5) is 0 Å². The number of aromatic hydroxyl groups is 2. The number of phenols is 2. The van der Waals surface area contributed by atoms with Crippen LogP contribution in [0.25, 0.3) is 20.5 Å². The molecule has 2 N–H and O–H groups in total. The van der Waals surface area contributed by atoms with Crippen LogP contribution in [0.3, 0.4) is 0 Å². The summed E-state index contributed by atoms with van der Waals surface area (Å²) in [5.41, 5.74) is 2.04. The van der Waals surface area contributed by atoms with Crippen molar-refractivity contribution in [2.45, 2.75) is 38.7 Å². The van der Waals surface area contributed by atoms with Gasteiger partial charge in [-0.3, -0.25) is 4.79 Å². The van der Waals surface area contributed by atoms with Gasteiger partial charge in [0.1, 0.15) is 23.4 Å². The number of hydrogen-bond acceptors (Lipinski definition) is 6. The number of ether oxygens (including phenoxy) is 1. The van der Waals surface area contributed by atoms with Gasteiger partial charge in [-0.05, 0) is 98.1 Å². The van der Waals surface area contributed by atoms with Crippen molar-refractivity contribution in [1.29, 1.82) is 0 Å². The average molecular weight is 502 g/mol. The molecule has 0 saturated carbocycles. The zero-order valence-corrected chi connectivity index (χ0v) is 21.3. The van der Waals surface area contributed by atoms with E-state index in [1.165, 1.54) is 30.7 Å². The maximum atomic E-state index is 13.7. The lowest BCUT2D eigenvalue weighted by atomic mass is 9.97. The SMILES string of the molecule is CCCCN1CCC(Oc2ccc(C(=O)c3c(-c4ccc(O)cc4)sc4cc(O)ccc34)cc2)CC1. The molecule has 0 spiro atoms. The van der Waals surface area contributed by atoms with Gasteiger partial charge < -0.3 is 19.8 Å². The van der Waals surface area contributed by atoms with Crippen molar-refractivity contribution < 1.29 is 19.7 Å². The first-order chi connectivity index (χ1) is 17.5. The van der Waals surface area contributed by atoms with Crippen LogP contribution < -0.4 is 4.74 Å². The second-order valence-electron chi connectivity index (χ2n) is 9.40. The largest absolute Gasteiger partial charge is 0.508 e. The van der Waals surface area contributed by atoms with Crippen LogP contribution >= 0.6 is 11.3 Å². The third kappa shape index (κ3) is 5.25. The van der Waals surface area contributed by atoms with E-state index in [0.717, 1.165) is 52.2 Å². The smallest absolute Gasteiger partial charge is 0.195 e. The molecule has 0 unspecified atom stereocenters. The summed E-state index contributed by atoms with van der Waals surface area (Å²) in [6.45, 7) is 5.54. The van der Waals surface area contributed by atoms with Crippen molar-refractivity contribution in [2.75, 3.05) is 19.6 Å². The number of hydrogen-bond donors (Lipinski definition) is 2. The number of phenolic OH excluding ortho intramolecular Hbond substituents is 2. The lowest BCUT2D eigenvalue weighted by Crippen LogP contribution is -2.38. The number of benzene rings is 3. The van der Waals surface area contributed by atoms with Crippen molar-refractivity contribution >= 4 is 27.2 Å². The maximum Gasteiger partial charge on any atom is 0.195 e. The third-order valence-electron chi connectivity index (χ3n) is 6.81. The second kappa shape index (κ2) is 10.7. The fourth-order valence-electron chi connectivity index (χ4n) is 4.78. The van der Waals surface area contributed by atoms with Gasteiger partial charge in [0.15, 0.2) is 5.78 Å². The number of fused-ring (bicyclic) bond motifs is 1. The summed E-state index contributed by atoms with van der Waals surface area (Å²) in [7, 11) is 0. The van der Waals surface area contributed by atoms with Crippen LogP contribution in [-0.2, 0) is 0 Å². The molecule has 5 rings (SSSR count). The van der Waals surface area contributed by atoms with E-state index in [-0.39, 0.29) is 23.4 Å². The van der Waals surface area contributed by atoms with E-state index in [9.17, 15) is 15.0 Å². The Balaban J connectivity index is 1.36. The van der Waals surface area contributed by atoms with Crippen molar-refractivity contribution in [2.24, 2.45) is 0 Å². The Kier molecular flexibility index (Phi) is 7.25. The lowest BCUT2D eigenvalue weighted by molar-refractivity contribution is 0.0997. The number of thiophene rings is 1. The molecule has 1 aliphatic heterocycles. The van der Waals surface area contributed by atoms with Gasteiger partial charge in [-0.2, -0.15) is 0 Å². The van der Waals surface area contributed by atoms with Gasteiger partial charge >= 0.3 is 0 Å². The third-order valence-corrected chi connectivity index (χ3v) is 8.01. The lowest BCUT2D eigenvalue weighted by Gasteiger charge is -2.32. The Labute approximate surface area is 215 Å². The Morgan fingerprint density at radius 3 is 2.36 bits per heavy atom. The maximum absolute atomic E-state index is 13.7. The van der Waals surface area contributed by atoms with Gasteiger partial charge in [-0.15, -0.1) is 11.3 Å². The molecule has 1 fully saturated rings. The Morgan fingerprint density at radius 1 is 0.972 bits per heavy atom. The average Bonchev–Trinajstić information content (AvgIpc) is 3.27. The zero-order chi connectivity index (χ0) is 25.1. The Bertz CT molecular complexity index is 1340. The number of rotatable bonds is 8. The first-order valence-electron chi connectivity index (χ1n) is 12.6. The molecule has 3 aromatic carbocycles. The molecule has 6 heteroatoms. The van der Waals surface area contributed by atoms with Crippen LogP contribution in [-0.4, -0.2) is 46.6 Å². The minimum atomic E-state index is -0.0780. The second-order valence-corrected chi connectivity index (χ2v) is 10.5. The van der Waals surface area contributed by atoms with Crippen LogP contribution in [0.2, 0.25) is 0 Å². The molecular formula is C30H31NO4S. The molecule has 1 aromatic heterocycles. The number of nitrogens with zero attached hydrogens (tertiary/aromatic N) is 1. The highest BCUT2D eigenvalue weighted by molar-refractivity contribution is 7.22. The van der Waals surface area contributed by atoms with E-state index in [1.807, 2.05) is 24.3 Å². The van der Waals surface area contributed by atoms with Crippen molar-refractivity contribution in [1.82, 2.24) is 4.90 Å². The Morgan fingerprint density at radius 2 is 1.67 bits per heavy atom. The monoisotopic (exact) mass is 501 g/mol. The van der Waals surface area contributed by atoms with Crippen LogP contribution in [0.1, 0.15) is 48.5 Å². The predicted molar refractivity (Wildman–Crippen MR) is 145 cm³/mol.